The topological polar surface area (TPSA) is 82.6 Å². The van der Waals surface area contributed by atoms with Gasteiger partial charge in [-0.1, -0.05) is 23.7 Å². The first kappa shape index (κ1) is 21.6. The molecular formula is C21H21ClN4O3S. The van der Waals surface area contributed by atoms with Crippen LogP contribution in [0.3, 0.4) is 0 Å². The fourth-order valence-corrected chi connectivity index (χ4v) is 4.23. The lowest BCUT2D eigenvalue weighted by Crippen LogP contribution is -2.27. The van der Waals surface area contributed by atoms with Crippen LogP contribution in [0, 0.1) is 0 Å². The summed E-state index contributed by atoms with van der Waals surface area (Å²) in [5.41, 5.74) is 1.16. The molecule has 1 amide bonds. The van der Waals surface area contributed by atoms with E-state index in [1.807, 2.05) is 14.1 Å². The van der Waals surface area contributed by atoms with Gasteiger partial charge in [-0.2, -0.15) is 0 Å². The highest BCUT2D eigenvalue weighted by Gasteiger charge is 2.23. The molecule has 0 saturated heterocycles. The van der Waals surface area contributed by atoms with E-state index in [0.29, 0.717) is 22.2 Å². The Morgan fingerprint density at radius 3 is 2.43 bits per heavy atom. The molecule has 1 N–H and O–H groups in total. The van der Waals surface area contributed by atoms with E-state index in [1.165, 1.54) is 25.2 Å². The van der Waals surface area contributed by atoms with Gasteiger partial charge in [0.05, 0.1) is 16.3 Å². The van der Waals surface area contributed by atoms with Crippen LogP contribution in [0.15, 0.2) is 71.8 Å². The number of hydrogen-bond donors (Lipinski definition) is 1. The van der Waals surface area contributed by atoms with Gasteiger partial charge in [0.15, 0.2) is 5.82 Å². The first-order valence-electron chi connectivity index (χ1n) is 8.98. The van der Waals surface area contributed by atoms with Gasteiger partial charge in [0.2, 0.25) is 0 Å². The Labute approximate surface area is 181 Å². The van der Waals surface area contributed by atoms with E-state index in [-0.39, 0.29) is 10.5 Å². The average Bonchev–Trinajstić information content (AvgIpc) is 2.73. The van der Waals surface area contributed by atoms with Crippen LogP contribution in [0.25, 0.3) is 0 Å². The summed E-state index contributed by atoms with van der Waals surface area (Å²) in [6.07, 6.45) is 1.63. The van der Waals surface area contributed by atoms with Gasteiger partial charge in [-0.15, -0.1) is 0 Å². The number of carbonyl (C=O) groups is 1. The minimum Gasteiger partial charge on any atom is -0.361 e. The molecule has 9 heteroatoms. The molecule has 30 heavy (non-hydrogen) atoms. The van der Waals surface area contributed by atoms with Crippen LogP contribution in [-0.4, -0.2) is 40.5 Å². The molecule has 0 unspecified atom stereocenters. The van der Waals surface area contributed by atoms with Crippen molar-refractivity contribution in [2.24, 2.45) is 0 Å². The number of amides is 1. The number of carbonyl (C=O) groups excluding carboxylic acids is 1. The number of aromatic nitrogens is 1. The molecule has 0 saturated carbocycles. The van der Waals surface area contributed by atoms with Crippen molar-refractivity contribution < 1.29 is 13.2 Å². The van der Waals surface area contributed by atoms with Gasteiger partial charge in [0.25, 0.3) is 15.9 Å². The van der Waals surface area contributed by atoms with Gasteiger partial charge in [-0.05, 0) is 48.5 Å². The zero-order chi connectivity index (χ0) is 21.9. The maximum Gasteiger partial charge on any atom is 0.264 e. The molecule has 0 aliphatic carbocycles. The number of nitrogens with one attached hydrogen (secondary N) is 1. The van der Waals surface area contributed by atoms with Gasteiger partial charge in [-0.3, -0.25) is 9.10 Å². The van der Waals surface area contributed by atoms with Crippen LogP contribution in [0.1, 0.15) is 10.4 Å². The molecular weight excluding hydrogens is 424 g/mol. The number of benzene rings is 2. The lowest BCUT2D eigenvalue weighted by atomic mass is 10.2. The van der Waals surface area contributed by atoms with Crippen LogP contribution in [0.5, 0.6) is 0 Å². The Morgan fingerprint density at radius 1 is 1.00 bits per heavy atom. The smallest absolute Gasteiger partial charge is 0.264 e. The molecule has 0 aliphatic rings. The third-order valence-electron chi connectivity index (χ3n) is 4.38. The average molecular weight is 445 g/mol. The Balaban J connectivity index is 1.90. The highest BCUT2D eigenvalue weighted by atomic mass is 35.5. The van der Waals surface area contributed by atoms with E-state index in [1.54, 1.807) is 53.6 Å². The predicted octanol–water partition coefficient (Wildman–Crippen LogP) is 3.88. The summed E-state index contributed by atoms with van der Waals surface area (Å²) < 4.78 is 27.2. The molecule has 7 nitrogen and oxygen atoms in total. The number of halogens is 1. The number of anilines is 3. The summed E-state index contributed by atoms with van der Waals surface area (Å²) in [6, 6.07) is 15.9. The monoisotopic (exact) mass is 444 g/mol. The Morgan fingerprint density at radius 2 is 1.73 bits per heavy atom. The van der Waals surface area contributed by atoms with E-state index in [0.717, 1.165) is 4.31 Å². The highest BCUT2D eigenvalue weighted by molar-refractivity contribution is 7.92. The second-order valence-electron chi connectivity index (χ2n) is 6.70. The second kappa shape index (κ2) is 8.73. The molecule has 2 aromatic carbocycles. The first-order chi connectivity index (χ1) is 14.2. The van der Waals surface area contributed by atoms with E-state index in [9.17, 15) is 13.2 Å². The van der Waals surface area contributed by atoms with Crippen molar-refractivity contribution in [3.8, 4) is 0 Å². The molecule has 156 valence electrons. The minimum absolute atomic E-state index is 0.00311. The Kier molecular flexibility index (Phi) is 6.28. The van der Waals surface area contributed by atoms with E-state index >= 15 is 0 Å². The molecule has 0 aliphatic heterocycles. The SMILES string of the molecule is CN(C)c1ncccc1NC(=O)c1cccc(S(=O)(=O)N(C)c2cccc(Cl)c2)c1. The van der Waals surface area contributed by atoms with Crippen molar-refractivity contribution in [1.29, 1.82) is 0 Å². The van der Waals surface area contributed by atoms with Crippen LogP contribution >= 0.6 is 11.6 Å². The van der Waals surface area contributed by atoms with Gasteiger partial charge in [0, 0.05) is 37.9 Å². The van der Waals surface area contributed by atoms with Gasteiger partial charge < -0.3 is 10.2 Å². The predicted molar refractivity (Wildman–Crippen MR) is 120 cm³/mol. The molecule has 0 fully saturated rings. The third-order valence-corrected chi connectivity index (χ3v) is 6.40. The Hall–Kier alpha value is -3.10. The zero-order valence-corrected chi connectivity index (χ0v) is 18.3. The third kappa shape index (κ3) is 4.55. The molecule has 0 atom stereocenters. The maximum absolute atomic E-state index is 13.1. The highest BCUT2D eigenvalue weighted by Crippen LogP contribution is 2.26. The molecule has 1 heterocycles. The number of hydrogen-bond acceptors (Lipinski definition) is 5. The number of sulfonamides is 1. The van der Waals surface area contributed by atoms with Gasteiger partial charge in [-0.25, -0.2) is 13.4 Å². The van der Waals surface area contributed by atoms with Crippen LogP contribution < -0.4 is 14.5 Å². The van der Waals surface area contributed by atoms with E-state index in [4.69, 9.17) is 11.6 Å². The summed E-state index contributed by atoms with van der Waals surface area (Å²) in [5, 5.41) is 3.21. The zero-order valence-electron chi connectivity index (χ0n) is 16.7. The lowest BCUT2D eigenvalue weighted by molar-refractivity contribution is 0.102. The molecule has 0 bridgehead atoms. The minimum atomic E-state index is -3.89. The van der Waals surface area contributed by atoms with Crippen LogP contribution in [0.4, 0.5) is 17.2 Å². The molecule has 1 aromatic heterocycles. The molecule has 0 radical (unpaired) electrons. The summed E-state index contributed by atoms with van der Waals surface area (Å²) in [5.74, 6) is 0.156. The van der Waals surface area contributed by atoms with Crippen molar-refractivity contribution in [1.82, 2.24) is 4.98 Å². The molecule has 3 rings (SSSR count). The quantitative estimate of drug-likeness (QED) is 0.623. The van der Waals surface area contributed by atoms with E-state index in [2.05, 4.69) is 10.3 Å². The Bertz CT molecular complexity index is 1180. The fraction of sp³-hybridized carbons (Fsp3) is 0.143. The number of pyridine rings is 1. The lowest BCUT2D eigenvalue weighted by Gasteiger charge is -2.20. The van der Waals surface area contributed by atoms with Gasteiger partial charge >= 0.3 is 0 Å². The van der Waals surface area contributed by atoms with Crippen LogP contribution in [0.2, 0.25) is 5.02 Å². The standard InChI is InChI=1S/C21H21ClN4O3S/c1-25(2)20-19(11-6-12-23-20)24-21(27)15-7-4-10-18(13-15)30(28,29)26(3)17-9-5-8-16(22)14-17/h4-14H,1-3H3,(H,24,27). The summed E-state index contributed by atoms with van der Waals surface area (Å²) >= 11 is 5.98. The molecule has 0 spiro atoms. The normalized spacial score (nSPS) is 11.1. The van der Waals surface area contributed by atoms with Crippen molar-refractivity contribution in [2.45, 2.75) is 4.90 Å². The maximum atomic E-state index is 13.1. The van der Waals surface area contributed by atoms with Crippen molar-refractivity contribution >= 4 is 44.7 Å². The van der Waals surface area contributed by atoms with Gasteiger partial charge in [0.1, 0.15) is 0 Å². The second-order valence-corrected chi connectivity index (χ2v) is 9.11. The van der Waals surface area contributed by atoms with Crippen molar-refractivity contribution in [2.75, 3.05) is 35.7 Å². The number of rotatable bonds is 6. The summed E-state index contributed by atoms with van der Waals surface area (Å²) in [4.78, 5) is 18.8. The largest absolute Gasteiger partial charge is 0.361 e. The van der Waals surface area contributed by atoms with E-state index < -0.39 is 15.9 Å². The van der Waals surface area contributed by atoms with Crippen molar-refractivity contribution in [3.05, 3.63) is 77.4 Å². The van der Waals surface area contributed by atoms with Crippen molar-refractivity contribution in [3.63, 3.8) is 0 Å². The summed E-state index contributed by atoms with van der Waals surface area (Å²) in [7, 11) is 1.18. The first-order valence-corrected chi connectivity index (χ1v) is 10.8. The number of nitrogens with zero attached hydrogens (tertiary/aromatic N) is 3. The van der Waals surface area contributed by atoms with Crippen LogP contribution in [-0.2, 0) is 10.0 Å². The molecule has 3 aromatic rings. The fourth-order valence-electron chi connectivity index (χ4n) is 2.81. The summed E-state index contributed by atoms with van der Waals surface area (Å²) in [6.45, 7) is 0.